The Morgan fingerprint density at radius 2 is 0.940 bits per heavy atom. The van der Waals surface area contributed by atoms with Gasteiger partial charge in [0.1, 0.15) is 23.3 Å². The summed E-state index contributed by atoms with van der Waals surface area (Å²) in [6.07, 6.45) is -9.77. The van der Waals surface area contributed by atoms with E-state index in [0.717, 1.165) is 30.5 Å². The molecule has 0 spiro atoms. The van der Waals surface area contributed by atoms with Crippen molar-refractivity contribution < 1.29 is 142 Å². The highest BCUT2D eigenvalue weighted by molar-refractivity contribution is 8.14. The van der Waals surface area contributed by atoms with Gasteiger partial charge in [0.15, 0.2) is 34.7 Å². The molecule has 4 fully saturated rings. The third-order valence-electron chi connectivity index (χ3n) is 24.7. The second kappa shape index (κ2) is 52.8. The summed E-state index contributed by atoms with van der Waals surface area (Å²) >= 11 is 0.846. The van der Waals surface area contributed by atoms with Crippen molar-refractivity contribution in [3.8, 4) is 11.5 Å². The van der Waals surface area contributed by atoms with Gasteiger partial charge in [-0.15, -0.1) is 0 Å². The summed E-state index contributed by atoms with van der Waals surface area (Å²) in [5.74, 6) is -30.2. The standard InChI is InChI=1S/C93H128N10O29S/c1-8-51(4)82(76(115)36-59(31-56-17-22-63(108)23-18-56)85(126)98-68(30-50(2)3)72(111)34-60(39-80(120)121)84(125)97-52(5)14-12-13-27-94)102-87(128)62(44-104)37-73(112)69(33-57-19-24-64(109)25-20-57)99-86(127)61(40-81(122)123)35-74(113)71(45-105)101-89(130)67(54(7)107)42-75(114)70(32-55-15-10-9-11-16-55)100-88(129)66(53(6)106)41-65(110)43-96-83(124)58(21-26-79(118)119)38-77(116)92-47-93(48-92,49-92)90(131)95-28-29-103-78(117)46-133-91(103)132/h9-11,15-20,22-25,50-54,58-62,66-71,82,104-109H,8,12-14,21,26-49,94H2,1-7H3,(H,95,131)(H,96,124)(H,97,125)(H,98,126)(H,99,127)(H,100,129)(H,101,130)(H,102,128)(H,118,119)(H,120,121)(H,122,123)/t51-,52+,53+,54+,58+,59+,60-,61-,62-,66-,67-,68-,69-,70-,71-,82-,92?,93?/m0/s1. The van der Waals surface area contributed by atoms with Crippen molar-refractivity contribution in [3.63, 3.8) is 0 Å². The van der Waals surface area contributed by atoms with E-state index in [4.69, 9.17) is 5.73 Å². The molecule has 730 valence electrons. The van der Waals surface area contributed by atoms with Gasteiger partial charge in [-0.05, 0) is 144 Å². The predicted molar refractivity (Wildman–Crippen MR) is 478 cm³/mol. The summed E-state index contributed by atoms with van der Waals surface area (Å²) in [5.41, 5.74) is 4.91. The molecule has 16 atom stereocenters. The number of carbonyl (C=O) groups is 20. The molecule has 3 aromatic rings. The van der Waals surface area contributed by atoms with Gasteiger partial charge in [-0.25, -0.2) is 0 Å². The maximum atomic E-state index is 14.9. The van der Waals surface area contributed by atoms with Crippen LogP contribution in [0.4, 0.5) is 4.79 Å². The molecule has 133 heavy (non-hydrogen) atoms. The molecule has 7 rings (SSSR count). The monoisotopic (exact) mass is 1880 g/mol. The Balaban J connectivity index is 1.13. The van der Waals surface area contributed by atoms with Gasteiger partial charge in [-0.1, -0.05) is 107 Å². The molecule has 4 aliphatic rings. The second-order valence-electron chi connectivity index (χ2n) is 35.9. The molecule has 3 saturated carbocycles. The van der Waals surface area contributed by atoms with Crippen LogP contribution in [0.2, 0.25) is 0 Å². The number of unbranched alkanes of at least 4 members (excludes halogenated alkanes) is 1. The van der Waals surface area contributed by atoms with E-state index < -0.39 is 302 Å². The largest absolute Gasteiger partial charge is 0.508 e. The average molecular weight is 1880 g/mol. The zero-order valence-corrected chi connectivity index (χ0v) is 76.8. The highest BCUT2D eigenvalue weighted by Crippen LogP contribution is 2.74. The SMILES string of the molecule is CC[C@H](C)[C@H](NC(=O)[C@H](CO)CC(=O)[C@H](Cc1ccc(O)cc1)NC(=O)[C@H](CC(=O)O)CC(=O)[C@H](CO)NC(=O)[C@@H](CC(=O)[C@H](Cc1ccccc1)NC(=O)[C@@H](CC(=O)CNC(=O)[C@H](CCC(=O)O)CC(=O)C12CC(C(=O)NCCN3C(=O)CSC3=O)(C1)C2)[C@@H](C)O)[C@@H](C)O)C(=O)C[C@@H](Cc1ccc(O)cc1)C(=O)N[C@@H](CC(C)C)C(=O)C[C@@H](CC(=O)O)C(=O)N[C@H](C)CCCCN. The Kier molecular flexibility index (Phi) is 43.7. The Bertz CT molecular complexity index is 4610. The van der Waals surface area contributed by atoms with Crippen LogP contribution in [-0.4, -0.2) is 261 Å². The van der Waals surface area contributed by atoms with Crippen LogP contribution in [0.1, 0.15) is 187 Å². The maximum absolute atomic E-state index is 14.9. The van der Waals surface area contributed by atoms with E-state index in [0.29, 0.717) is 36.9 Å². The predicted octanol–water partition coefficient (Wildman–Crippen LogP) is 1.96. The Morgan fingerprint density at radius 1 is 0.466 bits per heavy atom. The van der Waals surface area contributed by atoms with Crippen LogP contribution in [0.5, 0.6) is 11.5 Å². The quantitative estimate of drug-likeness (QED) is 0.0359. The molecule has 1 aliphatic heterocycles. The van der Waals surface area contributed by atoms with Crippen molar-refractivity contribution in [3.05, 3.63) is 95.6 Å². The minimum atomic E-state index is -2.00. The number of nitrogens with zero attached hydrogens (tertiary/aromatic N) is 1. The summed E-state index contributed by atoms with van der Waals surface area (Å²) in [7, 11) is 0. The van der Waals surface area contributed by atoms with Gasteiger partial charge < -0.3 is 94.2 Å². The molecule has 3 aliphatic carbocycles. The summed E-state index contributed by atoms with van der Waals surface area (Å²) < 4.78 is 0. The van der Waals surface area contributed by atoms with Crippen LogP contribution in [-0.2, 0) is 110 Å². The van der Waals surface area contributed by atoms with E-state index in [1.165, 1.54) is 48.5 Å². The molecule has 40 heteroatoms. The molecule has 2 bridgehead atoms. The number of carboxylic acid groups (broad SMARTS) is 3. The lowest BCUT2D eigenvalue weighted by Gasteiger charge is -2.68. The Hall–Kier alpha value is -11.6. The minimum absolute atomic E-state index is 0.00187. The Morgan fingerprint density at radius 3 is 1.44 bits per heavy atom. The smallest absolute Gasteiger partial charge is 0.304 e. The van der Waals surface area contributed by atoms with E-state index in [2.05, 4.69) is 42.5 Å². The van der Waals surface area contributed by atoms with Crippen molar-refractivity contribution >= 4 is 129 Å². The lowest BCUT2D eigenvalue weighted by atomic mass is 9.33. The number of hydrogen-bond acceptors (Lipinski definition) is 28. The number of carboxylic acids is 3. The first-order valence-electron chi connectivity index (χ1n) is 44.8. The van der Waals surface area contributed by atoms with Gasteiger partial charge in [0, 0.05) is 87.7 Å². The normalized spacial score (nSPS) is 18.6. The molecule has 19 N–H and O–H groups in total. The number of nitrogens with two attached hydrogens (primary N) is 1. The lowest BCUT2D eigenvalue weighted by Crippen LogP contribution is -2.70. The average Bonchev–Trinajstić information content (AvgIpc) is 1.35. The van der Waals surface area contributed by atoms with E-state index in [1.807, 2.05) is 0 Å². The van der Waals surface area contributed by atoms with Crippen LogP contribution in [0.3, 0.4) is 0 Å². The highest BCUT2D eigenvalue weighted by atomic mass is 32.2. The van der Waals surface area contributed by atoms with E-state index >= 15 is 0 Å². The van der Waals surface area contributed by atoms with Crippen molar-refractivity contribution in [2.24, 2.45) is 69.8 Å². The molecule has 1 heterocycles. The van der Waals surface area contributed by atoms with Crippen LogP contribution in [0, 0.1) is 64.1 Å². The first-order chi connectivity index (χ1) is 62.7. The van der Waals surface area contributed by atoms with E-state index in [1.54, 1.807) is 65.0 Å². The Labute approximate surface area is 774 Å². The number of hydrogen-bond donors (Lipinski definition) is 18. The van der Waals surface area contributed by atoms with Crippen molar-refractivity contribution in [2.75, 3.05) is 45.1 Å². The fraction of sp³-hybridized carbons (Fsp3) is 0.591. The zero-order valence-electron chi connectivity index (χ0n) is 75.9. The second-order valence-corrected chi connectivity index (χ2v) is 36.9. The van der Waals surface area contributed by atoms with Crippen molar-refractivity contribution in [1.29, 1.82) is 0 Å². The van der Waals surface area contributed by atoms with Crippen LogP contribution >= 0.6 is 11.8 Å². The molecule has 0 aromatic heterocycles. The van der Waals surface area contributed by atoms with Gasteiger partial charge in [0.2, 0.25) is 53.2 Å². The number of aromatic hydroxyl groups is 2. The van der Waals surface area contributed by atoms with Gasteiger partial charge in [0.05, 0.1) is 110 Å². The number of amides is 10. The molecular formula is C93H128N10O29S. The molecule has 0 radical (unpaired) electrons. The molecule has 10 amide bonds. The van der Waals surface area contributed by atoms with Gasteiger partial charge in [-0.2, -0.15) is 0 Å². The number of aliphatic hydroxyl groups is 4. The summed E-state index contributed by atoms with van der Waals surface area (Å²) in [4.78, 5) is 274. The molecule has 1 saturated heterocycles. The van der Waals surface area contributed by atoms with Crippen LogP contribution in [0.25, 0.3) is 0 Å². The number of phenolic OH excluding ortho intramolecular Hbond substituents is 2. The first-order valence-corrected chi connectivity index (χ1v) is 45.8. The third kappa shape index (κ3) is 34.1. The first kappa shape index (κ1) is 110. The van der Waals surface area contributed by atoms with Crippen molar-refractivity contribution in [1.82, 2.24) is 47.4 Å². The maximum Gasteiger partial charge on any atom is 0.304 e. The number of nitrogens with one attached hydrogen (secondary N) is 8. The number of benzene rings is 3. The zero-order chi connectivity index (χ0) is 98.9. The van der Waals surface area contributed by atoms with E-state index in [9.17, 15) is 142 Å². The number of rotatable bonds is 64. The van der Waals surface area contributed by atoms with Crippen LogP contribution < -0.4 is 48.3 Å². The molecule has 39 nitrogen and oxygen atoms in total. The third-order valence-corrected chi connectivity index (χ3v) is 25.6. The topological polar surface area (TPSA) is 649 Å². The minimum Gasteiger partial charge on any atom is -0.508 e. The number of thioether (sulfide) groups is 1. The molecule has 0 unspecified atom stereocenters. The summed E-state index contributed by atoms with van der Waals surface area (Å²) in [6.45, 7) is 8.09. The van der Waals surface area contributed by atoms with E-state index in [-0.39, 0.29) is 105 Å². The highest BCUT2D eigenvalue weighted by Gasteiger charge is 2.74. The van der Waals surface area contributed by atoms with Crippen LogP contribution in [0.15, 0.2) is 78.9 Å². The summed E-state index contributed by atoms with van der Waals surface area (Å²) in [6, 6.07) is 10.4. The lowest BCUT2D eigenvalue weighted by molar-refractivity contribution is -0.208. The number of carbonyl (C=O) groups excluding carboxylic acids is 17. The fourth-order valence-electron chi connectivity index (χ4n) is 16.7. The number of phenols is 2. The number of aliphatic hydroxyl groups excluding tert-OH is 4. The summed E-state index contributed by atoms with van der Waals surface area (Å²) in [5, 5.41) is 114. The number of aliphatic carboxylic acids is 3. The van der Waals surface area contributed by atoms with Gasteiger partial charge >= 0.3 is 17.9 Å². The van der Waals surface area contributed by atoms with Gasteiger partial charge in [0.25, 0.3) is 5.24 Å². The van der Waals surface area contributed by atoms with Gasteiger partial charge in [-0.3, -0.25) is 101 Å². The molecule has 3 aromatic carbocycles. The number of imide groups is 1. The van der Waals surface area contributed by atoms with Crippen molar-refractivity contribution in [2.45, 2.75) is 238 Å². The number of Topliss-reactive ketones (excluding diaryl/α,β-unsaturated/α-hetero) is 7. The number of ketones is 7. The molecular weight excluding hydrogens is 1750 g/mol. The fourth-order valence-corrected chi connectivity index (χ4v) is 17.4.